The Morgan fingerprint density at radius 1 is 1.32 bits per heavy atom. The number of anilines is 2. The first-order chi connectivity index (χ1) is 11.6. The summed E-state index contributed by atoms with van der Waals surface area (Å²) < 4.78 is 0. The molecule has 0 bridgehead atoms. The van der Waals surface area contributed by atoms with Crippen LogP contribution in [-0.4, -0.2) is 15.8 Å². The highest BCUT2D eigenvalue weighted by molar-refractivity contribution is 7.19. The van der Waals surface area contributed by atoms with Crippen molar-refractivity contribution in [1.29, 1.82) is 0 Å². The van der Waals surface area contributed by atoms with Gasteiger partial charge in [-0.2, -0.15) is 0 Å². The normalized spacial score (nSPS) is 16.2. The second-order valence-electron chi connectivity index (χ2n) is 6.52. The Morgan fingerprint density at radius 3 is 2.96 bits per heavy atom. The van der Waals surface area contributed by atoms with Crippen molar-refractivity contribution in [3.8, 4) is 0 Å². The summed E-state index contributed by atoms with van der Waals surface area (Å²) in [5, 5.41) is 4.54. The van der Waals surface area contributed by atoms with Crippen LogP contribution in [-0.2, 0) is 12.8 Å². The summed E-state index contributed by atoms with van der Waals surface area (Å²) in [5.41, 5.74) is 2.98. The van der Waals surface area contributed by atoms with Crippen LogP contribution in [0.2, 0.25) is 0 Å². The molecular formula is C19H20ClN3OS. The van der Waals surface area contributed by atoms with Crippen molar-refractivity contribution in [1.82, 2.24) is 9.97 Å². The predicted molar refractivity (Wildman–Crippen MR) is 106 cm³/mol. The molecule has 1 aliphatic carbocycles. The Labute approximate surface area is 157 Å². The minimum Gasteiger partial charge on any atom is -0.340 e. The van der Waals surface area contributed by atoms with Crippen LogP contribution in [0.25, 0.3) is 10.2 Å². The van der Waals surface area contributed by atoms with E-state index in [1.807, 2.05) is 24.3 Å². The van der Waals surface area contributed by atoms with Gasteiger partial charge in [0.2, 0.25) is 0 Å². The predicted octanol–water partition coefficient (Wildman–Crippen LogP) is 5.18. The number of thiophene rings is 1. The molecule has 6 heteroatoms. The molecule has 130 valence electrons. The van der Waals surface area contributed by atoms with Crippen molar-refractivity contribution in [2.75, 3.05) is 5.32 Å². The standard InChI is InChI=1S/C19H19N3OS.ClH/c1-11-6-7-15-16(8-11)24-19-17(15)18(20-10-21-19)22-14-5-3-4-13(9-14)12(2)23;/h3-5,9-11H,6-8H2,1-2H3,(H,20,21,22);1H. The van der Waals surface area contributed by atoms with Crippen LogP contribution in [0.1, 0.15) is 41.1 Å². The monoisotopic (exact) mass is 373 g/mol. The zero-order chi connectivity index (χ0) is 16.7. The molecule has 1 aliphatic rings. The van der Waals surface area contributed by atoms with Crippen LogP contribution in [0.4, 0.5) is 11.5 Å². The number of fused-ring (bicyclic) bond motifs is 3. The van der Waals surface area contributed by atoms with E-state index in [1.54, 1.807) is 24.6 Å². The number of hydrogen-bond acceptors (Lipinski definition) is 5. The summed E-state index contributed by atoms with van der Waals surface area (Å²) in [5.74, 6) is 1.64. The molecule has 1 atom stereocenters. The van der Waals surface area contributed by atoms with Crippen molar-refractivity contribution in [2.24, 2.45) is 5.92 Å². The van der Waals surface area contributed by atoms with Crippen molar-refractivity contribution >= 4 is 51.2 Å². The van der Waals surface area contributed by atoms with E-state index in [1.165, 1.54) is 16.9 Å². The number of rotatable bonds is 3. The maximum Gasteiger partial charge on any atom is 0.159 e. The number of nitrogens with zero attached hydrogens (tertiary/aromatic N) is 2. The Kier molecular flexibility index (Phi) is 5.06. The van der Waals surface area contributed by atoms with Gasteiger partial charge in [-0.1, -0.05) is 19.1 Å². The first kappa shape index (κ1) is 17.8. The lowest BCUT2D eigenvalue weighted by atomic mass is 9.89. The number of Topliss-reactive ketones (excluding diaryl/α,β-unsaturated/α-hetero) is 1. The maximum absolute atomic E-state index is 11.6. The second-order valence-corrected chi connectivity index (χ2v) is 7.60. The zero-order valence-corrected chi connectivity index (χ0v) is 15.8. The van der Waals surface area contributed by atoms with Crippen LogP contribution in [0.3, 0.4) is 0 Å². The van der Waals surface area contributed by atoms with Gasteiger partial charge in [-0.25, -0.2) is 9.97 Å². The molecule has 1 unspecified atom stereocenters. The Balaban J connectivity index is 0.00000182. The molecule has 0 fully saturated rings. The van der Waals surface area contributed by atoms with Gasteiger partial charge in [0.05, 0.1) is 5.39 Å². The molecular weight excluding hydrogens is 354 g/mol. The van der Waals surface area contributed by atoms with E-state index in [0.29, 0.717) is 5.56 Å². The molecule has 0 saturated heterocycles. The van der Waals surface area contributed by atoms with E-state index in [9.17, 15) is 4.79 Å². The summed E-state index contributed by atoms with van der Waals surface area (Å²) in [6, 6.07) is 7.55. The van der Waals surface area contributed by atoms with Gasteiger partial charge in [-0.3, -0.25) is 4.79 Å². The molecule has 2 aromatic heterocycles. The minimum absolute atomic E-state index is 0. The van der Waals surface area contributed by atoms with E-state index in [4.69, 9.17) is 0 Å². The number of benzene rings is 1. The maximum atomic E-state index is 11.6. The molecule has 4 nitrogen and oxygen atoms in total. The summed E-state index contributed by atoms with van der Waals surface area (Å²) in [4.78, 5) is 23.0. The van der Waals surface area contributed by atoms with Gasteiger partial charge in [0.25, 0.3) is 0 Å². The molecule has 4 rings (SSSR count). The number of ketones is 1. The highest BCUT2D eigenvalue weighted by Gasteiger charge is 2.23. The van der Waals surface area contributed by atoms with Gasteiger partial charge in [-0.05, 0) is 49.8 Å². The summed E-state index contributed by atoms with van der Waals surface area (Å²) in [6.07, 6.45) is 5.06. The minimum atomic E-state index is 0. The Morgan fingerprint density at radius 2 is 2.16 bits per heavy atom. The lowest BCUT2D eigenvalue weighted by Crippen LogP contribution is -2.09. The summed E-state index contributed by atoms with van der Waals surface area (Å²) in [7, 11) is 0. The van der Waals surface area contributed by atoms with Crippen molar-refractivity contribution < 1.29 is 4.79 Å². The average molecular weight is 374 g/mol. The zero-order valence-electron chi connectivity index (χ0n) is 14.2. The van der Waals surface area contributed by atoms with E-state index < -0.39 is 0 Å². The largest absolute Gasteiger partial charge is 0.340 e. The van der Waals surface area contributed by atoms with Crippen LogP contribution in [0.5, 0.6) is 0 Å². The number of carbonyl (C=O) groups is 1. The van der Waals surface area contributed by atoms with E-state index in [0.717, 1.165) is 40.5 Å². The fraction of sp³-hybridized carbons (Fsp3) is 0.316. The van der Waals surface area contributed by atoms with Gasteiger partial charge in [0, 0.05) is 16.1 Å². The van der Waals surface area contributed by atoms with Crippen molar-refractivity contribution in [3.05, 3.63) is 46.6 Å². The molecule has 25 heavy (non-hydrogen) atoms. The van der Waals surface area contributed by atoms with E-state index in [-0.39, 0.29) is 18.2 Å². The molecule has 1 aromatic carbocycles. The highest BCUT2D eigenvalue weighted by Crippen LogP contribution is 2.40. The number of nitrogens with one attached hydrogen (secondary N) is 1. The van der Waals surface area contributed by atoms with Gasteiger partial charge >= 0.3 is 0 Å². The molecule has 0 amide bonds. The molecule has 0 radical (unpaired) electrons. The van der Waals surface area contributed by atoms with Gasteiger partial charge in [-0.15, -0.1) is 23.7 Å². The Bertz CT molecular complexity index is 938. The van der Waals surface area contributed by atoms with E-state index >= 15 is 0 Å². The van der Waals surface area contributed by atoms with Gasteiger partial charge in [0.1, 0.15) is 17.0 Å². The van der Waals surface area contributed by atoms with Crippen LogP contribution >= 0.6 is 23.7 Å². The molecule has 0 aliphatic heterocycles. The summed E-state index contributed by atoms with van der Waals surface area (Å²) >= 11 is 1.79. The molecule has 0 spiro atoms. The molecule has 2 heterocycles. The van der Waals surface area contributed by atoms with Gasteiger partial charge in [0.15, 0.2) is 5.78 Å². The fourth-order valence-corrected chi connectivity index (χ4v) is 4.67. The second kappa shape index (κ2) is 7.10. The first-order valence-electron chi connectivity index (χ1n) is 8.25. The van der Waals surface area contributed by atoms with Crippen molar-refractivity contribution in [3.63, 3.8) is 0 Å². The lowest BCUT2D eigenvalue weighted by Gasteiger charge is -2.18. The smallest absolute Gasteiger partial charge is 0.159 e. The SMILES string of the molecule is CC(=O)c1cccc(Nc2ncnc3sc4c(c23)CCC(C)C4)c1.Cl. The Hall–Kier alpha value is -1.98. The van der Waals surface area contributed by atoms with Crippen LogP contribution < -0.4 is 5.32 Å². The number of halogens is 1. The topological polar surface area (TPSA) is 54.9 Å². The molecule has 1 N–H and O–H groups in total. The lowest BCUT2D eigenvalue weighted by molar-refractivity contribution is 0.101. The average Bonchev–Trinajstić information content (AvgIpc) is 2.93. The number of aromatic nitrogens is 2. The highest BCUT2D eigenvalue weighted by atomic mass is 35.5. The third-order valence-electron chi connectivity index (χ3n) is 4.62. The number of carbonyl (C=O) groups excluding carboxylic acids is 1. The molecule has 3 aromatic rings. The third-order valence-corrected chi connectivity index (χ3v) is 5.79. The molecule has 0 saturated carbocycles. The number of aryl methyl sites for hydroxylation is 1. The quantitative estimate of drug-likeness (QED) is 0.642. The van der Waals surface area contributed by atoms with Crippen LogP contribution in [0.15, 0.2) is 30.6 Å². The third kappa shape index (κ3) is 3.39. The van der Waals surface area contributed by atoms with Gasteiger partial charge < -0.3 is 5.32 Å². The van der Waals surface area contributed by atoms with Crippen molar-refractivity contribution in [2.45, 2.75) is 33.1 Å². The fourth-order valence-electron chi connectivity index (χ4n) is 3.32. The van der Waals surface area contributed by atoms with E-state index in [2.05, 4.69) is 22.2 Å². The number of hydrogen-bond donors (Lipinski definition) is 1. The first-order valence-corrected chi connectivity index (χ1v) is 9.06. The summed E-state index contributed by atoms with van der Waals surface area (Å²) in [6.45, 7) is 3.89. The van der Waals surface area contributed by atoms with Crippen LogP contribution in [0, 0.1) is 5.92 Å².